The summed E-state index contributed by atoms with van der Waals surface area (Å²) in [5.41, 5.74) is -2.26. The van der Waals surface area contributed by atoms with Crippen LogP contribution in [0.3, 0.4) is 0 Å². The van der Waals surface area contributed by atoms with Gasteiger partial charge < -0.3 is 48.1 Å². The molecule has 0 spiro atoms. The summed E-state index contributed by atoms with van der Waals surface area (Å²) >= 11 is 0. The Hall–Kier alpha value is -5.90. The van der Waals surface area contributed by atoms with Crippen molar-refractivity contribution in [3.8, 4) is 0 Å². The number of carbonyl (C=O) groups excluding carboxylic acids is 4. The van der Waals surface area contributed by atoms with Crippen LogP contribution in [0.5, 0.6) is 0 Å². The van der Waals surface area contributed by atoms with E-state index in [1.807, 2.05) is 0 Å². The zero-order valence-corrected chi connectivity index (χ0v) is 30.4. The van der Waals surface area contributed by atoms with Crippen LogP contribution >= 0.6 is 0 Å². The molecule has 4 aromatic rings. The van der Waals surface area contributed by atoms with Gasteiger partial charge in [-0.2, -0.15) is 0 Å². The predicted molar refractivity (Wildman–Crippen MR) is 195 cm³/mol. The van der Waals surface area contributed by atoms with Gasteiger partial charge in [0, 0.05) is 0 Å². The van der Waals surface area contributed by atoms with Crippen LogP contribution in [-0.2, 0) is 37.9 Å². The first-order valence-corrected chi connectivity index (χ1v) is 18.3. The average Bonchev–Trinajstić information content (AvgIpc) is 3.87. The maximum Gasteiger partial charge on any atom is 0.338 e. The van der Waals surface area contributed by atoms with E-state index in [0.29, 0.717) is 0 Å². The summed E-state index contributed by atoms with van der Waals surface area (Å²) in [6, 6.07) is 32.3. The minimum Gasteiger partial charge on any atom is -0.472 e. The number of hydrogen-bond donors (Lipinski definition) is 2. The highest BCUT2D eigenvalue weighted by Gasteiger charge is 2.81. The maximum absolute atomic E-state index is 13.6. The van der Waals surface area contributed by atoms with Gasteiger partial charge in [0.05, 0.1) is 34.4 Å². The third-order valence-corrected chi connectivity index (χ3v) is 10.6. The third kappa shape index (κ3) is 7.41. The molecule has 0 amide bonds. The molecule has 1 aliphatic carbocycles. The van der Waals surface area contributed by atoms with Crippen molar-refractivity contribution in [2.45, 2.75) is 67.3 Å². The molecule has 2 N–H and O–H groups in total. The zero-order valence-electron chi connectivity index (χ0n) is 30.4. The van der Waals surface area contributed by atoms with E-state index in [1.54, 1.807) is 104 Å². The predicted octanol–water partition coefficient (Wildman–Crippen LogP) is 4.01. The van der Waals surface area contributed by atoms with Gasteiger partial charge in [-0.1, -0.05) is 72.8 Å². The van der Waals surface area contributed by atoms with Crippen molar-refractivity contribution in [2.24, 2.45) is 5.92 Å². The van der Waals surface area contributed by atoms with Crippen molar-refractivity contribution in [2.75, 3.05) is 6.61 Å². The molecule has 4 aliphatic rings. The highest BCUT2D eigenvalue weighted by atomic mass is 16.8. The van der Waals surface area contributed by atoms with E-state index < -0.39 is 96.8 Å². The van der Waals surface area contributed by atoms with Crippen LogP contribution < -0.4 is 0 Å². The monoisotopic (exact) mass is 778 g/mol. The number of hydrogen-bond acceptors (Lipinski definition) is 14. The normalized spacial score (nSPS) is 32.1. The maximum atomic E-state index is 13.6. The first-order chi connectivity index (χ1) is 27.6. The fraction of sp³-hybridized carbons (Fsp3) is 0.302. The van der Waals surface area contributed by atoms with E-state index in [2.05, 4.69) is 0 Å². The smallest absolute Gasteiger partial charge is 0.338 e. The van der Waals surface area contributed by atoms with Crippen LogP contribution in [0.4, 0.5) is 0 Å². The van der Waals surface area contributed by atoms with E-state index in [-0.39, 0.29) is 22.3 Å². The average molecular weight is 779 g/mol. The minimum absolute atomic E-state index is 0.129. The molecule has 8 rings (SSSR count). The summed E-state index contributed by atoms with van der Waals surface area (Å²) in [7, 11) is 0. The first-order valence-electron chi connectivity index (χ1n) is 18.3. The lowest BCUT2D eigenvalue weighted by atomic mass is 9.82. The molecule has 0 bridgehead atoms. The molecule has 57 heavy (non-hydrogen) atoms. The topological polar surface area (TPSA) is 186 Å². The number of esters is 4. The molecule has 14 nitrogen and oxygen atoms in total. The van der Waals surface area contributed by atoms with Crippen molar-refractivity contribution in [3.05, 3.63) is 156 Å². The third-order valence-electron chi connectivity index (χ3n) is 10.6. The summed E-state index contributed by atoms with van der Waals surface area (Å²) in [6.07, 6.45) is -8.99. The molecule has 14 heteroatoms. The van der Waals surface area contributed by atoms with Crippen LogP contribution in [0.15, 0.2) is 134 Å². The molecule has 2 saturated heterocycles. The van der Waals surface area contributed by atoms with E-state index in [1.165, 1.54) is 36.6 Å². The summed E-state index contributed by atoms with van der Waals surface area (Å²) in [6.45, 7) is 1.16. The number of aliphatic hydroxyl groups is 2. The standard InChI is InChI=1S/C43H38O14/c1-42-33-41(50-23-22-43(33,49)35(34(42)57-42)55-39(48)28-20-12-5-13-21-28)56-40-32(54-38(47)27-18-10-4-11-19-27)31(53-37(46)26-16-8-3-9-17-26)30(44)29(52-40)24-51-36(45)25-14-6-2-7-15-25/h2-23,29-35,40-41,44,49H,24H2,1H3/t29-,30-,31+,32-,33-,34+,35-,40+,41+,42-,43+/m1/s1. The zero-order chi connectivity index (χ0) is 39.7. The Kier molecular flexibility index (Phi) is 10.4. The van der Waals surface area contributed by atoms with Gasteiger partial charge in [0.2, 0.25) is 12.6 Å². The van der Waals surface area contributed by atoms with Gasteiger partial charge >= 0.3 is 23.9 Å². The second-order valence-electron chi connectivity index (χ2n) is 14.2. The Morgan fingerprint density at radius 2 is 1.12 bits per heavy atom. The molecule has 3 fully saturated rings. The molecular weight excluding hydrogens is 740 g/mol. The van der Waals surface area contributed by atoms with Gasteiger partial charge in [-0.15, -0.1) is 0 Å². The van der Waals surface area contributed by atoms with Gasteiger partial charge in [-0.05, 0) is 61.5 Å². The molecular formula is C43H38O14. The van der Waals surface area contributed by atoms with Gasteiger partial charge in [0.15, 0.2) is 18.3 Å². The molecule has 11 atom stereocenters. The number of rotatable bonds is 11. The van der Waals surface area contributed by atoms with Gasteiger partial charge in [-0.25, -0.2) is 19.2 Å². The Morgan fingerprint density at radius 3 is 1.65 bits per heavy atom. The molecule has 0 unspecified atom stereocenters. The number of ether oxygens (including phenoxy) is 8. The SMILES string of the molecule is C[C@]12O[C@H]1[C@@H](OC(=O)c1ccccc1)[C@]1(O)C=CO[C@@H](O[C@@H]3O[C@H](COC(=O)c4ccccc4)[C@@H](O)[C@H](OC(=O)c4ccccc4)[C@H]3OC(=O)c3ccccc3)[C@@H]12. The Balaban J connectivity index is 1.11. The van der Waals surface area contributed by atoms with Crippen molar-refractivity contribution in [3.63, 3.8) is 0 Å². The highest BCUT2D eigenvalue weighted by Crippen LogP contribution is 2.62. The van der Waals surface area contributed by atoms with Crippen molar-refractivity contribution in [1.82, 2.24) is 0 Å². The molecule has 4 aromatic carbocycles. The molecule has 0 aromatic heterocycles. The van der Waals surface area contributed by atoms with Gasteiger partial charge in [0.1, 0.15) is 36.1 Å². The van der Waals surface area contributed by atoms with Crippen LogP contribution in [0.2, 0.25) is 0 Å². The fourth-order valence-electron chi connectivity index (χ4n) is 7.62. The molecule has 3 aliphatic heterocycles. The Morgan fingerprint density at radius 1 is 0.649 bits per heavy atom. The second-order valence-corrected chi connectivity index (χ2v) is 14.2. The van der Waals surface area contributed by atoms with Crippen molar-refractivity contribution < 1.29 is 67.3 Å². The minimum atomic E-state index is -1.88. The lowest BCUT2D eigenvalue weighted by molar-refractivity contribution is -0.348. The lowest BCUT2D eigenvalue weighted by Crippen LogP contribution is -2.64. The van der Waals surface area contributed by atoms with Crippen LogP contribution in [-0.4, -0.2) is 101 Å². The number of fused-ring (bicyclic) bond motifs is 3. The molecule has 0 radical (unpaired) electrons. The number of benzene rings is 4. The molecule has 3 heterocycles. The van der Waals surface area contributed by atoms with Crippen LogP contribution in [0.25, 0.3) is 0 Å². The molecule has 1 saturated carbocycles. The molecule has 294 valence electrons. The van der Waals surface area contributed by atoms with Crippen molar-refractivity contribution in [1.29, 1.82) is 0 Å². The largest absolute Gasteiger partial charge is 0.472 e. The highest BCUT2D eigenvalue weighted by molar-refractivity contribution is 5.91. The van der Waals surface area contributed by atoms with E-state index >= 15 is 0 Å². The Bertz CT molecular complexity index is 2110. The number of epoxide rings is 1. The summed E-state index contributed by atoms with van der Waals surface area (Å²) < 4.78 is 47.9. The van der Waals surface area contributed by atoms with Gasteiger partial charge in [0.25, 0.3) is 0 Å². The number of carbonyl (C=O) groups is 4. The number of aliphatic hydroxyl groups excluding tert-OH is 1. The summed E-state index contributed by atoms with van der Waals surface area (Å²) in [5.74, 6) is -4.20. The second kappa shape index (κ2) is 15.6. The van der Waals surface area contributed by atoms with Crippen molar-refractivity contribution >= 4 is 23.9 Å². The first kappa shape index (κ1) is 38.0. The summed E-state index contributed by atoms with van der Waals surface area (Å²) in [5, 5.41) is 24.0. The van der Waals surface area contributed by atoms with E-state index in [9.17, 15) is 29.4 Å². The Labute approximate surface area is 326 Å². The lowest BCUT2D eigenvalue weighted by Gasteiger charge is -2.46. The van der Waals surface area contributed by atoms with Crippen LogP contribution in [0.1, 0.15) is 48.4 Å². The van der Waals surface area contributed by atoms with Crippen LogP contribution in [0, 0.1) is 5.92 Å². The van der Waals surface area contributed by atoms with Gasteiger partial charge in [-0.3, -0.25) is 0 Å². The van der Waals surface area contributed by atoms with E-state index in [4.69, 9.17) is 37.9 Å². The quantitative estimate of drug-likeness (QED) is 0.126. The van der Waals surface area contributed by atoms with E-state index in [0.717, 1.165) is 0 Å². The summed E-state index contributed by atoms with van der Waals surface area (Å²) in [4.78, 5) is 53.4. The fourth-order valence-corrected chi connectivity index (χ4v) is 7.62.